The molecule has 1 heterocycles. The molecule has 0 unspecified atom stereocenters. The van der Waals surface area contributed by atoms with Crippen molar-refractivity contribution in [3.8, 4) is 11.1 Å². The molecular formula is C11H9BrO. The van der Waals surface area contributed by atoms with E-state index in [2.05, 4.69) is 22.0 Å². The molecular weight excluding hydrogens is 228 g/mol. The molecule has 0 aliphatic rings. The SMILES string of the molecule is Cc1cocc1-c1ccccc1Br. The van der Waals surface area contributed by atoms with E-state index >= 15 is 0 Å². The van der Waals surface area contributed by atoms with Crippen LogP contribution >= 0.6 is 15.9 Å². The standard InChI is InChI=1S/C11H9BrO/c1-8-6-13-7-10(8)9-4-2-3-5-11(9)12/h2-7H,1H3. The lowest BCUT2D eigenvalue weighted by Crippen LogP contribution is -1.78. The molecule has 1 aromatic carbocycles. The highest BCUT2D eigenvalue weighted by Gasteiger charge is 2.06. The molecule has 0 bridgehead atoms. The van der Waals surface area contributed by atoms with Crippen LogP contribution in [0.3, 0.4) is 0 Å². The molecule has 2 heteroatoms. The smallest absolute Gasteiger partial charge is 0.0984 e. The fourth-order valence-electron chi connectivity index (χ4n) is 1.32. The number of hydrogen-bond acceptors (Lipinski definition) is 1. The molecule has 66 valence electrons. The minimum atomic E-state index is 1.10. The summed E-state index contributed by atoms with van der Waals surface area (Å²) >= 11 is 3.51. The highest BCUT2D eigenvalue weighted by atomic mass is 79.9. The summed E-state index contributed by atoms with van der Waals surface area (Å²) in [7, 11) is 0. The van der Waals surface area contributed by atoms with Gasteiger partial charge in [0.1, 0.15) is 0 Å². The van der Waals surface area contributed by atoms with Crippen LogP contribution in [0.25, 0.3) is 11.1 Å². The van der Waals surface area contributed by atoms with Gasteiger partial charge in [-0.3, -0.25) is 0 Å². The third kappa shape index (κ3) is 1.54. The Morgan fingerprint density at radius 3 is 2.46 bits per heavy atom. The minimum Gasteiger partial charge on any atom is -0.472 e. The molecule has 0 saturated carbocycles. The lowest BCUT2D eigenvalue weighted by molar-refractivity contribution is 0.566. The van der Waals surface area contributed by atoms with Gasteiger partial charge in [0.05, 0.1) is 12.5 Å². The maximum absolute atomic E-state index is 5.13. The third-order valence-electron chi connectivity index (χ3n) is 2.02. The zero-order chi connectivity index (χ0) is 9.26. The van der Waals surface area contributed by atoms with E-state index in [1.54, 1.807) is 12.5 Å². The van der Waals surface area contributed by atoms with Crippen molar-refractivity contribution in [2.45, 2.75) is 6.92 Å². The molecule has 0 fully saturated rings. The Morgan fingerprint density at radius 1 is 1.08 bits per heavy atom. The molecule has 1 aromatic heterocycles. The van der Waals surface area contributed by atoms with Crippen molar-refractivity contribution in [3.05, 3.63) is 46.8 Å². The summed E-state index contributed by atoms with van der Waals surface area (Å²) in [6, 6.07) is 8.12. The monoisotopic (exact) mass is 236 g/mol. The lowest BCUT2D eigenvalue weighted by Gasteiger charge is -2.01. The third-order valence-corrected chi connectivity index (χ3v) is 2.71. The first-order chi connectivity index (χ1) is 6.29. The van der Waals surface area contributed by atoms with Crippen LogP contribution in [0.1, 0.15) is 5.56 Å². The van der Waals surface area contributed by atoms with Crippen LogP contribution in [0.15, 0.2) is 45.7 Å². The first kappa shape index (κ1) is 8.57. The van der Waals surface area contributed by atoms with Crippen LogP contribution in [-0.4, -0.2) is 0 Å². The van der Waals surface area contributed by atoms with E-state index in [0.29, 0.717) is 0 Å². The van der Waals surface area contributed by atoms with Gasteiger partial charge in [-0.25, -0.2) is 0 Å². The number of hydrogen-bond donors (Lipinski definition) is 0. The van der Waals surface area contributed by atoms with E-state index < -0.39 is 0 Å². The van der Waals surface area contributed by atoms with Gasteiger partial charge in [-0.15, -0.1) is 0 Å². The van der Waals surface area contributed by atoms with Gasteiger partial charge in [0.15, 0.2) is 0 Å². The maximum Gasteiger partial charge on any atom is 0.0984 e. The Morgan fingerprint density at radius 2 is 1.85 bits per heavy atom. The number of aryl methyl sites for hydroxylation is 1. The second-order valence-electron chi connectivity index (χ2n) is 2.95. The van der Waals surface area contributed by atoms with Crippen LogP contribution in [0.2, 0.25) is 0 Å². The van der Waals surface area contributed by atoms with Crippen LogP contribution in [-0.2, 0) is 0 Å². The van der Waals surface area contributed by atoms with Gasteiger partial charge in [0.2, 0.25) is 0 Å². The predicted octanol–water partition coefficient (Wildman–Crippen LogP) is 4.02. The number of benzene rings is 1. The van der Waals surface area contributed by atoms with Crippen LogP contribution < -0.4 is 0 Å². The summed E-state index contributed by atoms with van der Waals surface area (Å²) in [5.74, 6) is 0. The zero-order valence-corrected chi connectivity index (χ0v) is 8.84. The second-order valence-corrected chi connectivity index (χ2v) is 3.80. The molecule has 0 aliphatic carbocycles. The van der Waals surface area contributed by atoms with E-state index in [-0.39, 0.29) is 0 Å². The van der Waals surface area contributed by atoms with Gasteiger partial charge < -0.3 is 4.42 Å². The number of furan rings is 1. The van der Waals surface area contributed by atoms with Gasteiger partial charge in [-0.1, -0.05) is 34.1 Å². The molecule has 13 heavy (non-hydrogen) atoms. The fraction of sp³-hybridized carbons (Fsp3) is 0.0909. The van der Waals surface area contributed by atoms with Gasteiger partial charge in [0, 0.05) is 10.0 Å². The molecule has 0 N–H and O–H groups in total. The lowest BCUT2D eigenvalue weighted by atomic mass is 10.1. The summed E-state index contributed by atoms with van der Waals surface area (Å²) in [5.41, 5.74) is 3.48. The van der Waals surface area contributed by atoms with Gasteiger partial charge in [0.25, 0.3) is 0 Å². The van der Waals surface area contributed by atoms with Crippen LogP contribution in [0.5, 0.6) is 0 Å². The van der Waals surface area contributed by atoms with E-state index in [1.807, 2.05) is 25.1 Å². The summed E-state index contributed by atoms with van der Waals surface area (Å²) < 4.78 is 6.23. The second kappa shape index (κ2) is 3.38. The topological polar surface area (TPSA) is 13.1 Å². The average Bonchev–Trinajstić information content (AvgIpc) is 2.52. The summed E-state index contributed by atoms with van der Waals surface area (Å²) in [5, 5.41) is 0. The largest absolute Gasteiger partial charge is 0.472 e. The Bertz CT molecular complexity index is 418. The Hall–Kier alpha value is -1.02. The molecule has 0 atom stereocenters. The van der Waals surface area contributed by atoms with Gasteiger partial charge in [-0.05, 0) is 24.1 Å². The molecule has 1 nitrogen and oxygen atoms in total. The number of halogens is 1. The van der Waals surface area contributed by atoms with Crippen molar-refractivity contribution < 1.29 is 4.42 Å². The minimum absolute atomic E-state index is 1.10. The van der Waals surface area contributed by atoms with Crippen molar-refractivity contribution in [1.82, 2.24) is 0 Å². The Kier molecular flexibility index (Phi) is 2.23. The van der Waals surface area contributed by atoms with Crippen LogP contribution in [0.4, 0.5) is 0 Å². The van der Waals surface area contributed by atoms with Crippen molar-refractivity contribution in [2.24, 2.45) is 0 Å². The highest BCUT2D eigenvalue weighted by molar-refractivity contribution is 9.10. The summed E-state index contributed by atoms with van der Waals surface area (Å²) in [6.45, 7) is 2.04. The summed E-state index contributed by atoms with van der Waals surface area (Å²) in [6.07, 6.45) is 3.53. The normalized spacial score (nSPS) is 10.3. The molecule has 2 aromatic rings. The zero-order valence-electron chi connectivity index (χ0n) is 7.25. The molecule has 0 saturated heterocycles. The first-order valence-electron chi connectivity index (χ1n) is 4.07. The maximum atomic E-state index is 5.13. The van der Waals surface area contributed by atoms with Crippen molar-refractivity contribution in [1.29, 1.82) is 0 Å². The fourth-order valence-corrected chi connectivity index (χ4v) is 1.81. The molecule has 0 spiro atoms. The highest BCUT2D eigenvalue weighted by Crippen LogP contribution is 2.30. The van der Waals surface area contributed by atoms with Gasteiger partial charge in [-0.2, -0.15) is 0 Å². The average molecular weight is 237 g/mol. The Balaban J connectivity index is 2.59. The van der Waals surface area contributed by atoms with Crippen molar-refractivity contribution in [3.63, 3.8) is 0 Å². The van der Waals surface area contributed by atoms with E-state index in [4.69, 9.17) is 4.42 Å². The number of rotatable bonds is 1. The Labute approximate surface area is 85.5 Å². The van der Waals surface area contributed by atoms with E-state index in [9.17, 15) is 0 Å². The van der Waals surface area contributed by atoms with Crippen LogP contribution in [0, 0.1) is 6.92 Å². The molecule has 0 radical (unpaired) electrons. The quantitative estimate of drug-likeness (QED) is 0.730. The summed E-state index contributed by atoms with van der Waals surface area (Å²) in [4.78, 5) is 0. The molecule has 0 amide bonds. The molecule has 0 aliphatic heterocycles. The van der Waals surface area contributed by atoms with Crippen molar-refractivity contribution in [2.75, 3.05) is 0 Å². The van der Waals surface area contributed by atoms with E-state index in [0.717, 1.165) is 15.6 Å². The molecule has 2 rings (SSSR count). The first-order valence-corrected chi connectivity index (χ1v) is 4.86. The van der Waals surface area contributed by atoms with Gasteiger partial charge >= 0.3 is 0 Å². The van der Waals surface area contributed by atoms with Crippen molar-refractivity contribution >= 4 is 15.9 Å². The van der Waals surface area contributed by atoms with E-state index in [1.165, 1.54) is 5.56 Å². The predicted molar refractivity (Wildman–Crippen MR) is 56.6 cm³/mol.